The highest BCUT2D eigenvalue weighted by molar-refractivity contribution is 5.18. The third kappa shape index (κ3) is 2.92. The van der Waals surface area contributed by atoms with Crippen LogP contribution in [0, 0.1) is 5.82 Å². The molecule has 1 fully saturated rings. The summed E-state index contributed by atoms with van der Waals surface area (Å²) in [7, 11) is 0. The Morgan fingerprint density at radius 1 is 1.44 bits per heavy atom. The first kappa shape index (κ1) is 11.3. The van der Waals surface area contributed by atoms with Crippen LogP contribution in [0.2, 0.25) is 0 Å². The molecule has 16 heavy (non-hydrogen) atoms. The lowest BCUT2D eigenvalue weighted by molar-refractivity contribution is 0.273. The van der Waals surface area contributed by atoms with Gasteiger partial charge in [0.2, 0.25) is 0 Å². The third-order valence-electron chi connectivity index (χ3n) is 2.87. The van der Waals surface area contributed by atoms with Crippen molar-refractivity contribution in [3.63, 3.8) is 0 Å². The fourth-order valence-corrected chi connectivity index (χ4v) is 1.95. The number of hydrogen-bond acceptors (Lipinski definition) is 1. The normalized spacial score (nSPS) is 15.4. The molecule has 0 saturated heterocycles. The van der Waals surface area contributed by atoms with Gasteiger partial charge in [-0.15, -0.1) is 0 Å². The third-order valence-corrected chi connectivity index (χ3v) is 2.87. The van der Waals surface area contributed by atoms with E-state index in [0.717, 1.165) is 17.7 Å². The zero-order valence-electron chi connectivity index (χ0n) is 9.75. The summed E-state index contributed by atoms with van der Waals surface area (Å²) >= 11 is 0. The molecule has 1 aliphatic rings. The van der Waals surface area contributed by atoms with Gasteiger partial charge >= 0.3 is 0 Å². The molecule has 1 nitrogen and oxygen atoms in total. The van der Waals surface area contributed by atoms with Crippen LogP contribution in [0.4, 0.5) is 4.39 Å². The molecule has 1 saturated carbocycles. The second kappa shape index (κ2) is 4.79. The standard InChI is InChI=1S/C14H18FN/c1-11(2)9-16(13-7-8-13)10-12-5-3-4-6-14(12)15/h3-6,13H,1,7-10H2,2H3. The van der Waals surface area contributed by atoms with Crippen LogP contribution < -0.4 is 0 Å². The number of nitrogens with zero attached hydrogens (tertiary/aromatic N) is 1. The maximum Gasteiger partial charge on any atom is 0.127 e. The van der Waals surface area contributed by atoms with Crippen molar-refractivity contribution in [1.29, 1.82) is 0 Å². The zero-order chi connectivity index (χ0) is 11.5. The molecule has 2 rings (SSSR count). The molecule has 0 atom stereocenters. The van der Waals surface area contributed by atoms with E-state index < -0.39 is 0 Å². The minimum atomic E-state index is -0.102. The number of halogens is 1. The van der Waals surface area contributed by atoms with E-state index in [4.69, 9.17) is 0 Å². The van der Waals surface area contributed by atoms with E-state index in [-0.39, 0.29) is 5.82 Å². The SMILES string of the molecule is C=C(C)CN(Cc1ccccc1F)C1CC1. The highest BCUT2D eigenvalue weighted by Crippen LogP contribution is 2.29. The smallest absolute Gasteiger partial charge is 0.127 e. The minimum absolute atomic E-state index is 0.102. The average Bonchev–Trinajstić information content (AvgIpc) is 3.03. The summed E-state index contributed by atoms with van der Waals surface area (Å²) in [5.41, 5.74) is 1.93. The van der Waals surface area contributed by atoms with Crippen LogP contribution in [-0.2, 0) is 6.54 Å². The van der Waals surface area contributed by atoms with Gasteiger partial charge in [-0.3, -0.25) is 4.90 Å². The van der Waals surface area contributed by atoms with Gasteiger partial charge in [0.05, 0.1) is 0 Å². The molecule has 1 aromatic carbocycles. The topological polar surface area (TPSA) is 3.24 Å². The molecule has 0 aromatic heterocycles. The summed E-state index contributed by atoms with van der Waals surface area (Å²) in [6, 6.07) is 7.66. The summed E-state index contributed by atoms with van der Waals surface area (Å²) < 4.78 is 13.5. The molecule has 0 N–H and O–H groups in total. The molecule has 86 valence electrons. The minimum Gasteiger partial charge on any atom is -0.292 e. The van der Waals surface area contributed by atoms with Crippen LogP contribution in [-0.4, -0.2) is 17.5 Å². The van der Waals surface area contributed by atoms with Crippen LogP contribution >= 0.6 is 0 Å². The van der Waals surface area contributed by atoms with Crippen molar-refractivity contribution < 1.29 is 4.39 Å². The van der Waals surface area contributed by atoms with Crippen LogP contribution in [0.25, 0.3) is 0 Å². The fourth-order valence-electron chi connectivity index (χ4n) is 1.95. The van der Waals surface area contributed by atoms with Crippen molar-refractivity contribution in [3.05, 3.63) is 47.8 Å². The van der Waals surface area contributed by atoms with Crippen molar-refractivity contribution in [2.45, 2.75) is 32.4 Å². The Labute approximate surface area is 96.6 Å². The zero-order valence-corrected chi connectivity index (χ0v) is 9.75. The molecule has 0 bridgehead atoms. The summed E-state index contributed by atoms with van der Waals surface area (Å²) in [5.74, 6) is -0.102. The van der Waals surface area contributed by atoms with Gasteiger partial charge in [-0.05, 0) is 25.8 Å². The molecule has 0 aliphatic heterocycles. The molecule has 0 spiro atoms. The largest absolute Gasteiger partial charge is 0.292 e. The van der Waals surface area contributed by atoms with Gasteiger partial charge in [0.1, 0.15) is 5.82 Å². The van der Waals surface area contributed by atoms with Gasteiger partial charge in [-0.1, -0.05) is 30.4 Å². The Hall–Kier alpha value is -1.15. The Balaban J connectivity index is 2.05. The average molecular weight is 219 g/mol. The number of hydrogen-bond donors (Lipinski definition) is 0. The highest BCUT2D eigenvalue weighted by Gasteiger charge is 2.29. The van der Waals surface area contributed by atoms with Crippen LogP contribution in [0.3, 0.4) is 0 Å². The maximum atomic E-state index is 13.5. The summed E-state index contributed by atoms with van der Waals surface area (Å²) in [4.78, 5) is 2.32. The van der Waals surface area contributed by atoms with Crippen LogP contribution in [0.5, 0.6) is 0 Å². The molecule has 1 aliphatic carbocycles. The summed E-state index contributed by atoms with van der Waals surface area (Å²) in [5, 5.41) is 0. The molecule has 0 heterocycles. The molecule has 0 amide bonds. The lowest BCUT2D eigenvalue weighted by Crippen LogP contribution is -2.27. The second-order valence-electron chi connectivity index (χ2n) is 4.68. The molecule has 0 unspecified atom stereocenters. The molecule has 2 heteroatoms. The molecule has 1 aromatic rings. The number of benzene rings is 1. The van der Waals surface area contributed by atoms with E-state index in [1.165, 1.54) is 18.9 Å². The summed E-state index contributed by atoms with van der Waals surface area (Å²) in [6.45, 7) is 7.53. The highest BCUT2D eigenvalue weighted by atomic mass is 19.1. The van der Waals surface area contributed by atoms with E-state index in [2.05, 4.69) is 11.5 Å². The van der Waals surface area contributed by atoms with E-state index in [0.29, 0.717) is 12.6 Å². The quantitative estimate of drug-likeness (QED) is 0.686. The molecular weight excluding hydrogens is 201 g/mol. The Morgan fingerprint density at radius 2 is 2.12 bits per heavy atom. The maximum absolute atomic E-state index is 13.5. The first-order valence-electron chi connectivity index (χ1n) is 5.78. The Morgan fingerprint density at radius 3 is 2.69 bits per heavy atom. The van der Waals surface area contributed by atoms with Gasteiger partial charge < -0.3 is 0 Å². The first-order chi connectivity index (χ1) is 7.66. The predicted octanol–water partition coefficient (Wildman–Crippen LogP) is 3.37. The van der Waals surface area contributed by atoms with Crippen LogP contribution in [0.15, 0.2) is 36.4 Å². The monoisotopic (exact) mass is 219 g/mol. The fraction of sp³-hybridized carbons (Fsp3) is 0.429. The predicted molar refractivity (Wildman–Crippen MR) is 64.6 cm³/mol. The van der Waals surface area contributed by atoms with Gasteiger partial charge in [0.15, 0.2) is 0 Å². The van der Waals surface area contributed by atoms with Crippen molar-refractivity contribution in [3.8, 4) is 0 Å². The number of rotatable bonds is 5. The van der Waals surface area contributed by atoms with Gasteiger partial charge in [-0.25, -0.2) is 4.39 Å². The Bertz CT molecular complexity index is 382. The van der Waals surface area contributed by atoms with Crippen molar-refractivity contribution in [1.82, 2.24) is 4.90 Å². The van der Waals surface area contributed by atoms with E-state index in [1.807, 2.05) is 19.1 Å². The van der Waals surface area contributed by atoms with E-state index in [9.17, 15) is 4.39 Å². The van der Waals surface area contributed by atoms with Gasteiger partial charge in [-0.2, -0.15) is 0 Å². The van der Waals surface area contributed by atoms with Crippen molar-refractivity contribution in [2.75, 3.05) is 6.54 Å². The van der Waals surface area contributed by atoms with Crippen molar-refractivity contribution in [2.24, 2.45) is 0 Å². The van der Waals surface area contributed by atoms with Crippen LogP contribution in [0.1, 0.15) is 25.3 Å². The van der Waals surface area contributed by atoms with E-state index >= 15 is 0 Å². The van der Waals surface area contributed by atoms with E-state index in [1.54, 1.807) is 6.07 Å². The molecular formula is C14H18FN. The summed E-state index contributed by atoms with van der Waals surface area (Å²) in [6.07, 6.45) is 2.48. The Kier molecular flexibility index (Phi) is 3.39. The lowest BCUT2D eigenvalue weighted by atomic mass is 10.2. The van der Waals surface area contributed by atoms with Gasteiger partial charge in [0, 0.05) is 24.7 Å². The first-order valence-corrected chi connectivity index (χ1v) is 5.78. The second-order valence-corrected chi connectivity index (χ2v) is 4.68. The van der Waals surface area contributed by atoms with Crippen molar-refractivity contribution >= 4 is 0 Å². The lowest BCUT2D eigenvalue weighted by Gasteiger charge is -2.22. The molecule has 0 radical (unpaired) electrons. The van der Waals surface area contributed by atoms with Gasteiger partial charge in [0.25, 0.3) is 0 Å².